The van der Waals surface area contributed by atoms with Crippen molar-refractivity contribution in [2.24, 2.45) is 5.14 Å². The van der Waals surface area contributed by atoms with Crippen molar-refractivity contribution in [1.29, 1.82) is 0 Å². The Morgan fingerprint density at radius 3 is 2.64 bits per heavy atom. The van der Waals surface area contributed by atoms with Gasteiger partial charge >= 0.3 is 0 Å². The number of rotatable bonds is 7. The lowest BCUT2D eigenvalue weighted by atomic mass is 10.1. The second-order valence-electron chi connectivity index (χ2n) is 2.76. The number of hydrogen-bond acceptors (Lipinski definition) is 3. The van der Waals surface area contributed by atoms with E-state index in [9.17, 15) is 0 Å². The Bertz CT molecular complexity index is 70.5. The Kier molecular flexibility index (Phi) is 8.57. The van der Waals surface area contributed by atoms with Gasteiger partial charge in [-0.25, -0.2) is 0 Å². The predicted molar refractivity (Wildman–Crippen MR) is 53.4 cm³/mol. The van der Waals surface area contributed by atoms with Crippen LogP contribution >= 0.6 is 11.9 Å². The van der Waals surface area contributed by atoms with Crippen molar-refractivity contribution >= 4 is 11.9 Å². The molecule has 1 unspecified atom stereocenters. The number of nitrogens with two attached hydrogens (primary N) is 1. The van der Waals surface area contributed by atoms with E-state index in [4.69, 9.17) is 5.14 Å². The third-order valence-corrected chi connectivity index (χ3v) is 2.19. The molecule has 11 heavy (non-hydrogen) atoms. The molecule has 0 aromatic rings. The topological polar surface area (TPSA) is 38.0 Å². The summed E-state index contributed by atoms with van der Waals surface area (Å²) >= 11 is 1.37. The molecule has 0 aliphatic heterocycles. The van der Waals surface area contributed by atoms with Gasteiger partial charge in [-0.05, 0) is 12.8 Å². The van der Waals surface area contributed by atoms with Gasteiger partial charge in [0, 0.05) is 6.04 Å². The highest BCUT2D eigenvalue weighted by atomic mass is 32.2. The summed E-state index contributed by atoms with van der Waals surface area (Å²) in [5.41, 5.74) is 0. The third-order valence-electron chi connectivity index (χ3n) is 1.85. The Labute approximate surface area is 74.4 Å². The second kappa shape index (κ2) is 8.37. The molecule has 68 valence electrons. The summed E-state index contributed by atoms with van der Waals surface area (Å²) in [6.07, 6.45) is 5.10. The maximum atomic E-state index is 5.31. The van der Waals surface area contributed by atoms with Gasteiger partial charge in [0.1, 0.15) is 0 Å². The van der Waals surface area contributed by atoms with Crippen LogP contribution in [0.5, 0.6) is 0 Å². The lowest BCUT2D eigenvalue weighted by molar-refractivity contribution is 0.482. The van der Waals surface area contributed by atoms with Gasteiger partial charge in [-0.1, -0.05) is 38.6 Å². The van der Waals surface area contributed by atoms with Crippen molar-refractivity contribution in [3.05, 3.63) is 0 Å². The van der Waals surface area contributed by atoms with Crippen LogP contribution in [0, 0.1) is 0 Å². The Morgan fingerprint density at radius 2 is 2.18 bits per heavy atom. The Hall–Kier alpha value is 0.270. The highest BCUT2D eigenvalue weighted by molar-refractivity contribution is 7.97. The zero-order valence-electron chi connectivity index (χ0n) is 7.60. The molecule has 0 radical (unpaired) electrons. The summed E-state index contributed by atoms with van der Waals surface area (Å²) in [5, 5.41) is 8.71. The van der Waals surface area contributed by atoms with Crippen LogP contribution in [-0.2, 0) is 0 Å². The van der Waals surface area contributed by atoms with Crippen molar-refractivity contribution in [3.63, 3.8) is 0 Å². The van der Waals surface area contributed by atoms with Gasteiger partial charge in [0.05, 0.1) is 5.88 Å². The van der Waals surface area contributed by atoms with Crippen LogP contribution in [0.15, 0.2) is 0 Å². The minimum Gasteiger partial charge on any atom is -0.304 e. The number of hydrogen-bond donors (Lipinski definition) is 2. The number of unbranched alkanes of at least 4 members (excludes halogenated alkanes) is 1. The zero-order valence-corrected chi connectivity index (χ0v) is 8.41. The predicted octanol–water partition coefficient (Wildman–Crippen LogP) is 2.11. The molecule has 0 spiro atoms. The highest BCUT2D eigenvalue weighted by Crippen LogP contribution is 2.04. The summed E-state index contributed by atoms with van der Waals surface area (Å²) in [6, 6.07) is 0.672. The smallest absolute Gasteiger partial charge is 0.0565 e. The van der Waals surface area contributed by atoms with E-state index < -0.39 is 0 Å². The van der Waals surface area contributed by atoms with Crippen LogP contribution in [0.4, 0.5) is 0 Å². The van der Waals surface area contributed by atoms with Crippen molar-refractivity contribution in [2.75, 3.05) is 5.88 Å². The molecule has 0 saturated heterocycles. The molecule has 0 aromatic heterocycles. The first-order valence-corrected chi connectivity index (χ1v) is 5.45. The van der Waals surface area contributed by atoms with Gasteiger partial charge < -0.3 is 5.32 Å². The number of nitrogens with one attached hydrogen (secondary N) is 1. The van der Waals surface area contributed by atoms with Gasteiger partial charge in [0.25, 0.3) is 0 Å². The van der Waals surface area contributed by atoms with E-state index in [-0.39, 0.29) is 0 Å². The third kappa shape index (κ3) is 6.66. The molecule has 3 N–H and O–H groups in total. The largest absolute Gasteiger partial charge is 0.304 e. The summed E-state index contributed by atoms with van der Waals surface area (Å²) < 4.78 is 0. The van der Waals surface area contributed by atoms with Crippen molar-refractivity contribution in [1.82, 2.24) is 5.32 Å². The van der Waals surface area contributed by atoms with E-state index in [1.54, 1.807) is 0 Å². The fourth-order valence-corrected chi connectivity index (χ4v) is 1.40. The van der Waals surface area contributed by atoms with E-state index >= 15 is 0 Å². The highest BCUT2D eigenvalue weighted by Gasteiger charge is 2.02. The minimum atomic E-state index is 0.672. The van der Waals surface area contributed by atoms with Gasteiger partial charge in [0.2, 0.25) is 0 Å². The van der Waals surface area contributed by atoms with Crippen LogP contribution in [0.3, 0.4) is 0 Å². The Balaban J connectivity index is 3.25. The first-order chi connectivity index (χ1) is 5.35. The van der Waals surface area contributed by atoms with E-state index in [1.807, 2.05) is 0 Å². The van der Waals surface area contributed by atoms with Crippen LogP contribution < -0.4 is 10.5 Å². The van der Waals surface area contributed by atoms with Crippen molar-refractivity contribution in [2.45, 2.75) is 45.6 Å². The molecule has 2 nitrogen and oxygen atoms in total. The zero-order chi connectivity index (χ0) is 8.53. The van der Waals surface area contributed by atoms with Crippen LogP contribution in [0.2, 0.25) is 0 Å². The molecule has 0 amide bonds. The average Bonchev–Trinajstić information content (AvgIpc) is 2.05. The second-order valence-corrected chi connectivity index (χ2v) is 3.38. The molecule has 1 atom stereocenters. The van der Waals surface area contributed by atoms with Crippen molar-refractivity contribution in [3.8, 4) is 0 Å². The minimum absolute atomic E-state index is 0.672. The molecule has 0 aliphatic carbocycles. The summed E-state index contributed by atoms with van der Waals surface area (Å²) in [5.74, 6) is 0.877. The molecular formula is C8H20N2S. The lowest BCUT2D eigenvalue weighted by Gasteiger charge is -2.14. The molecule has 0 fully saturated rings. The quantitative estimate of drug-likeness (QED) is 0.461. The average molecular weight is 176 g/mol. The SMILES string of the molecule is CCCCC(CC)NCSN. The van der Waals surface area contributed by atoms with Crippen LogP contribution in [-0.4, -0.2) is 11.9 Å². The first-order valence-electron chi connectivity index (χ1n) is 4.40. The maximum absolute atomic E-state index is 5.31. The molecular weight excluding hydrogens is 156 g/mol. The van der Waals surface area contributed by atoms with E-state index in [1.165, 1.54) is 37.6 Å². The Morgan fingerprint density at radius 1 is 1.45 bits per heavy atom. The lowest BCUT2D eigenvalue weighted by Crippen LogP contribution is -2.28. The molecule has 0 bridgehead atoms. The standard InChI is InChI=1S/C8H20N2S/c1-3-5-6-8(4-2)10-7-11-9/h8,10H,3-7,9H2,1-2H3. The van der Waals surface area contributed by atoms with E-state index in [0.29, 0.717) is 6.04 Å². The molecule has 0 saturated carbocycles. The summed E-state index contributed by atoms with van der Waals surface area (Å²) in [7, 11) is 0. The van der Waals surface area contributed by atoms with Gasteiger partial charge in [-0.2, -0.15) is 0 Å². The van der Waals surface area contributed by atoms with E-state index in [0.717, 1.165) is 5.88 Å². The van der Waals surface area contributed by atoms with Crippen LogP contribution in [0.25, 0.3) is 0 Å². The fraction of sp³-hybridized carbons (Fsp3) is 1.00. The van der Waals surface area contributed by atoms with Crippen LogP contribution in [0.1, 0.15) is 39.5 Å². The van der Waals surface area contributed by atoms with E-state index in [2.05, 4.69) is 19.2 Å². The summed E-state index contributed by atoms with van der Waals surface area (Å²) in [4.78, 5) is 0. The summed E-state index contributed by atoms with van der Waals surface area (Å²) in [6.45, 7) is 4.44. The monoisotopic (exact) mass is 176 g/mol. The molecule has 0 aliphatic rings. The molecule has 0 heterocycles. The fourth-order valence-electron chi connectivity index (χ4n) is 1.07. The normalized spacial score (nSPS) is 13.4. The molecule has 3 heteroatoms. The van der Waals surface area contributed by atoms with Crippen molar-refractivity contribution < 1.29 is 0 Å². The maximum Gasteiger partial charge on any atom is 0.0565 e. The van der Waals surface area contributed by atoms with Gasteiger partial charge in [0.15, 0.2) is 0 Å². The first kappa shape index (κ1) is 11.3. The van der Waals surface area contributed by atoms with Gasteiger partial charge in [-0.15, -0.1) is 0 Å². The molecule has 0 rings (SSSR count). The molecule has 0 aromatic carbocycles. The van der Waals surface area contributed by atoms with Gasteiger partial charge in [-0.3, -0.25) is 5.14 Å².